The maximum absolute atomic E-state index is 14.4. The topological polar surface area (TPSA) is 29.1 Å². The highest BCUT2D eigenvalue weighted by Crippen LogP contribution is 2.45. The van der Waals surface area contributed by atoms with Crippen molar-refractivity contribution in [2.45, 2.75) is 12.3 Å². The first-order chi connectivity index (χ1) is 11.6. The monoisotopic (exact) mass is 403 g/mol. The van der Waals surface area contributed by atoms with Crippen molar-refractivity contribution in [3.05, 3.63) is 75.0 Å². The van der Waals surface area contributed by atoms with E-state index in [0.29, 0.717) is 10.6 Å². The van der Waals surface area contributed by atoms with Crippen LogP contribution >= 0.6 is 27.5 Å². The summed E-state index contributed by atoms with van der Waals surface area (Å²) in [5.74, 6) is -0.944. The van der Waals surface area contributed by atoms with Crippen LogP contribution in [0.4, 0.5) is 10.1 Å². The molecule has 0 radical (unpaired) electrons. The lowest BCUT2D eigenvalue weighted by molar-refractivity contribution is -0.116. The second kappa shape index (κ2) is 5.87. The average Bonchev–Trinajstić information content (AvgIpc) is 2.56. The van der Waals surface area contributed by atoms with Crippen molar-refractivity contribution < 1.29 is 9.18 Å². The fourth-order valence-electron chi connectivity index (χ4n) is 3.35. The molecule has 0 saturated carbocycles. The fourth-order valence-corrected chi connectivity index (χ4v) is 4.24. The third-order valence-electron chi connectivity index (χ3n) is 4.40. The Balaban J connectivity index is 2.03. The maximum atomic E-state index is 14.4. The Kier molecular flexibility index (Phi) is 3.82. The van der Waals surface area contributed by atoms with E-state index in [1.807, 2.05) is 30.3 Å². The number of nitrogens with one attached hydrogen (secondary N) is 1. The zero-order chi connectivity index (χ0) is 16.8. The first kappa shape index (κ1) is 15.6. The Hall–Kier alpha value is -1.91. The van der Waals surface area contributed by atoms with Gasteiger partial charge in [-0.2, -0.15) is 0 Å². The SMILES string of the molecule is O=C1C[C@@H](c2c(F)cccc2Cl)c2cc(Br)c3ccccc3c2N1. The highest BCUT2D eigenvalue weighted by Gasteiger charge is 2.31. The van der Waals surface area contributed by atoms with Gasteiger partial charge >= 0.3 is 0 Å². The molecule has 0 fully saturated rings. The summed E-state index contributed by atoms with van der Waals surface area (Å²) < 4.78 is 15.4. The molecule has 0 aromatic heterocycles. The summed E-state index contributed by atoms with van der Waals surface area (Å²) in [6.45, 7) is 0. The molecule has 0 aliphatic carbocycles. The summed E-state index contributed by atoms with van der Waals surface area (Å²) in [4.78, 5) is 12.3. The van der Waals surface area contributed by atoms with Crippen molar-refractivity contribution in [2.24, 2.45) is 0 Å². The molecule has 1 aliphatic rings. The predicted molar refractivity (Wildman–Crippen MR) is 98.1 cm³/mol. The van der Waals surface area contributed by atoms with Crippen molar-refractivity contribution in [1.29, 1.82) is 0 Å². The van der Waals surface area contributed by atoms with Gasteiger partial charge in [0.05, 0.1) is 5.69 Å². The average molecular weight is 405 g/mol. The van der Waals surface area contributed by atoms with Gasteiger partial charge < -0.3 is 5.32 Å². The Morgan fingerprint density at radius 2 is 1.88 bits per heavy atom. The third-order valence-corrected chi connectivity index (χ3v) is 5.39. The van der Waals surface area contributed by atoms with Gasteiger partial charge in [0, 0.05) is 32.8 Å². The lowest BCUT2D eigenvalue weighted by atomic mass is 9.83. The van der Waals surface area contributed by atoms with E-state index < -0.39 is 11.7 Å². The molecule has 4 rings (SSSR count). The van der Waals surface area contributed by atoms with Crippen LogP contribution in [0.25, 0.3) is 10.8 Å². The molecular formula is C19H12BrClFNO. The molecule has 1 amide bonds. The first-order valence-electron chi connectivity index (χ1n) is 7.51. The van der Waals surface area contributed by atoms with Crippen LogP contribution in [0, 0.1) is 5.82 Å². The summed E-state index contributed by atoms with van der Waals surface area (Å²) >= 11 is 9.84. The second-order valence-electron chi connectivity index (χ2n) is 5.81. The molecule has 24 heavy (non-hydrogen) atoms. The first-order valence-corrected chi connectivity index (χ1v) is 8.68. The number of anilines is 1. The van der Waals surface area contributed by atoms with Gasteiger partial charge in [-0.3, -0.25) is 4.79 Å². The number of rotatable bonds is 1. The summed E-state index contributed by atoms with van der Waals surface area (Å²) in [7, 11) is 0. The molecule has 120 valence electrons. The minimum absolute atomic E-state index is 0.140. The molecule has 1 heterocycles. The number of carbonyl (C=O) groups excluding carboxylic acids is 1. The van der Waals surface area contributed by atoms with Gasteiger partial charge in [-0.15, -0.1) is 0 Å². The van der Waals surface area contributed by atoms with E-state index in [-0.39, 0.29) is 12.3 Å². The Morgan fingerprint density at radius 3 is 2.62 bits per heavy atom. The molecule has 3 aromatic rings. The number of benzene rings is 3. The van der Waals surface area contributed by atoms with Crippen molar-refractivity contribution in [3.63, 3.8) is 0 Å². The second-order valence-corrected chi connectivity index (χ2v) is 7.07. The molecular weight excluding hydrogens is 393 g/mol. The van der Waals surface area contributed by atoms with Gasteiger partial charge in [0.25, 0.3) is 0 Å². The van der Waals surface area contributed by atoms with E-state index in [9.17, 15) is 9.18 Å². The molecule has 0 saturated heterocycles. The standard InChI is InChI=1S/C19H12BrClFNO/c20-14-8-13-12(18-15(21)6-3-7-16(18)22)9-17(24)23-19(13)11-5-2-1-4-10(11)14/h1-8,12H,9H2,(H,23,24)/t12-/m1/s1. The van der Waals surface area contributed by atoms with Gasteiger partial charge in [0.2, 0.25) is 5.91 Å². The van der Waals surface area contributed by atoms with Crippen molar-refractivity contribution in [1.82, 2.24) is 0 Å². The Labute approximate surface area is 151 Å². The quantitative estimate of drug-likeness (QED) is 0.540. The van der Waals surface area contributed by atoms with Crippen molar-refractivity contribution >= 4 is 49.9 Å². The molecule has 1 aliphatic heterocycles. The normalized spacial score (nSPS) is 16.8. The maximum Gasteiger partial charge on any atom is 0.225 e. The van der Waals surface area contributed by atoms with E-state index in [0.717, 1.165) is 26.5 Å². The number of halogens is 3. The minimum atomic E-state index is -0.414. The predicted octanol–water partition coefficient (Wildman–Crippen LogP) is 5.87. The summed E-state index contributed by atoms with van der Waals surface area (Å²) in [5, 5.41) is 5.20. The lowest BCUT2D eigenvalue weighted by Crippen LogP contribution is -2.24. The van der Waals surface area contributed by atoms with Gasteiger partial charge in [-0.1, -0.05) is 57.9 Å². The molecule has 3 aromatic carbocycles. The minimum Gasteiger partial charge on any atom is -0.325 e. The molecule has 0 bridgehead atoms. The van der Waals surface area contributed by atoms with E-state index in [2.05, 4.69) is 21.2 Å². The van der Waals surface area contributed by atoms with E-state index >= 15 is 0 Å². The number of hydrogen-bond donors (Lipinski definition) is 1. The van der Waals surface area contributed by atoms with E-state index in [4.69, 9.17) is 11.6 Å². The van der Waals surface area contributed by atoms with Crippen LogP contribution in [0.15, 0.2) is 53.0 Å². The molecule has 2 nitrogen and oxygen atoms in total. The van der Waals surface area contributed by atoms with Crippen LogP contribution in [0.2, 0.25) is 5.02 Å². The number of hydrogen-bond acceptors (Lipinski definition) is 1. The highest BCUT2D eigenvalue weighted by atomic mass is 79.9. The van der Waals surface area contributed by atoms with Crippen molar-refractivity contribution in [2.75, 3.05) is 5.32 Å². The largest absolute Gasteiger partial charge is 0.325 e. The van der Waals surface area contributed by atoms with Gasteiger partial charge in [0.1, 0.15) is 5.82 Å². The van der Waals surface area contributed by atoms with Gasteiger partial charge in [-0.05, 0) is 29.1 Å². The summed E-state index contributed by atoms with van der Waals surface area (Å²) in [6, 6.07) is 14.3. The summed E-state index contributed by atoms with van der Waals surface area (Å²) in [5.41, 5.74) is 1.97. The molecule has 1 atom stereocenters. The van der Waals surface area contributed by atoms with Crippen LogP contribution < -0.4 is 5.32 Å². The zero-order valence-electron chi connectivity index (χ0n) is 12.4. The van der Waals surface area contributed by atoms with E-state index in [1.54, 1.807) is 12.1 Å². The third kappa shape index (κ3) is 2.41. The Bertz CT molecular complexity index is 968. The van der Waals surface area contributed by atoms with Crippen LogP contribution in [0.3, 0.4) is 0 Å². The van der Waals surface area contributed by atoms with Crippen molar-refractivity contribution in [3.8, 4) is 0 Å². The summed E-state index contributed by atoms with van der Waals surface area (Å²) in [6.07, 6.45) is 0.165. The molecule has 0 spiro atoms. The number of carbonyl (C=O) groups is 1. The van der Waals surface area contributed by atoms with Gasteiger partial charge in [0.15, 0.2) is 0 Å². The smallest absolute Gasteiger partial charge is 0.225 e. The molecule has 1 N–H and O–H groups in total. The molecule has 0 unspecified atom stereocenters. The molecule has 5 heteroatoms. The van der Waals surface area contributed by atoms with E-state index in [1.165, 1.54) is 6.07 Å². The van der Waals surface area contributed by atoms with Crippen LogP contribution in [0.1, 0.15) is 23.5 Å². The highest BCUT2D eigenvalue weighted by molar-refractivity contribution is 9.10. The van der Waals surface area contributed by atoms with Crippen LogP contribution in [-0.4, -0.2) is 5.91 Å². The zero-order valence-corrected chi connectivity index (χ0v) is 14.8. The fraction of sp³-hybridized carbons (Fsp3) is 0.105. The van der Waals surface area contributed by atoms with Crippen LogP contribution in [0.5, 0.6) is 0 Å². The number of fused-ring (bicyclic) bond motifs is 3. The van der Waals surface area contributed by atoms with Crippen LogP contribution in [-0.2, 0) is 4.79 Å². The number of amides is 1. The van der Waals surface area contributed by atoms with Gasteiger partial charge in [-0.25, -0.2) is 4.39 Å². The Morgan fingerprint density at radius 1 is 1.12 bits per heavy atom. The lowest BCUT2D eigenvalue weighted by Gasteiger charge is -2.28.